The number of phenols is 1. The van der Waals surface area contributed by atoms with Crippen LogP contribution in [0.25, 0.3) is 0 Å². The number of ether oxygens (including phenoxy) is 2. The molecule has 1 aliphatic heterocycles. The molecule has 6 heteroatoms. The van der Waals surface area contributed by atoms with Gasteiger partial charge in [0.05, 0.1) is 7.11 Å². The minimum Gasteiger partial charge on any atom is -0.507 e. The largest absolute Gasteiger partial charge is 0.507 e. The first-order valence-electron chi connectivity index (χ1n) is 7.78. The van der Waals surface area contributed by atoms with Crippen molar-refractivity contribution in [1.29, 1.82) is 0 Å². The SMILES string of the molecule is COc1c(C)c2c(c(O)c1CCC(C)/C=C(\C)C(=O)O)C(=O)OC2. The van der Waals surface area contributed by atoms with Crippen molar-refractivity contribution in [2.24, 2.45) is 5.92 Å². The Kier molecular flexibility index (Phi) is 5.17. The van der Waals surface area contributed by atoms with Crippen LogP contribution in [0.3, 0.4) is 0 Å². The number of aromatic hydroxyl groups is 1. The zero-order chi connectivity index (χ0) is 18.0. The Morgan fingerprint density at radius 1 is 1.46 bits per heavy atom. The number of carbonyl (C=O) groups is 2. The van der Waals surface area contributed by atoms with Gasteiger partial charge in [0.25, 0.3) is 0 Å². The van der Waals surface area contributed by atoms with Crippen LogP contribution >= 0.6 is 0 Å². The Labute approximate surface area is 140 Å². The van der Waals surface area contributed by atoms with E-state index < -0.39 is 11.9 Å². The Morgan fingerprint density at radius 2 is 2.12 bits per heavy atom. The summed E-state index contributed by atoms with van der Waals surface area (Å²) in [6.07, 6.45) is 2.75. The highest BCUT2D eigenvalue weighted by Crippen LogP contribution is 2.42. The molecule has 1 aliphatic rings. The van der Waals surface area contributed by atoms with E-state index in [1.165, 1.54) is 7.11 Å². The average molecular weight is 334 g/mol. The van der Waals surface area contributed by atoms with E-state index in [2.05, 4.69) is 0 Å². The Balaban J connectivity index is 2.32. The molecule has 6 nitrogen and oxygen atoms in total. The minimum atomic E-state index is -0.946. The molecule has 1 heterocycles. The van der Waals surface area contributed by atoms with Crippen molar-refractivity contribution in [2.75, 3.05) is 7.11 Å². The maximum Gasteiger partial charge on any atom is 0.342 e. The standard InChI is InChI=1S/C18H22O6/c1-9(7-10(2)17(20)21)5-6-12-15(19)14-13(8-24-18(14)22)11(3)16(12)23-4/h7,9,19H,5-6,8H2,1-4H3,(H,20,21)/b10-7+. The Bertz CT molecular complexity index is 717. The van der Waals surface area contributed by atoms with Gasteiger partial charge >= 0.3 is 11.9 Å². The summed E-state index contributed by atoms with van der Waals surface area (Å²) in [6.45, 7) is 5.43. The summed E-state index contributed by atoms with van der Waals surface area (Å²) in [5, 5.41) is 19.4. The normalized spacial score (nSPS) is 15.0. The molecule has 2 N–H and O–H groups in total. The van der Waals surface area contributed by atoms with Gasteiger partial charge in [-0.1, -0.05) is 13.0 Å². The molecular weight excluding hydrogens is 312 g/mol. The lowest BCUT2D eigenvalue weighted by atomic mass is 9.92. The molecule has 0 radical (unpaired) electrons. The molecule has 2 rings (SSSR count). The third-order valence-corrected chi connectivity index (χ3v) is 4.37. The highest BCUT2D eigenvalue weighted by atomic mass is 16.5. The Hall–Kier alpha value is -2.50. The fourth-order valence-corrected chi connectivity index (χ4v) is 3.02. The van der Waals surface area contributed by atoms with Crippen molar-refractivity contribution in [1.82, 2.24) is 0 Å². The molecule has 1 unspecified atom stereocenters. The predicted molar refractivity (Wildman–Crippen MR) is 87.4 cm³/mol. The minimum absolute atomic E-state index is 0.00529. The third-order valence-electron chi connectivity index (χ3n) is 4.37. The number of hydrogen-bond donors (Lipinski definition) is 2. The molecule has 0 spiro atoms. The van der Waals surface area contributed by atoms with Gasteiger partial charge in [0.15, 0.2) is 0 Å². The third kappa shape index (κ3) is 3.22. The van der Waals surface area contributed by atoms with Crippen LogP contribution in [0, 0.1) is 12.8 Å². The highest BCUT2D eigenvalue weighted by Gasteiger charge is 2.32. The van der Waals surface area contributed by atoms with E-state index in [9.17, 15) is 14.7 Å². The van der Waals surface area contributed by atoms with Crippen molar-refractivity contribution < 1.29 is 29.3 Å². The van der Waals surface area contributed by atoms with E-state index in [0.717, 1.165) is 5.56 Å². The van der Waals surface area contributed by atoms with E-state index in [0.29, 0.717) is 29.7 Å². The average Bonchev–Trinajstić information content (AvgIpc) is 2.91. The number of phenolic OH excluding ortho intramolecular Hbond substituents is 1. The number of fused-ring (bicyclic) bond motifs is 1. The van der Waals surface area contributed by atoms with Crippen LogP contribution in [0.5, 0.6) is 11.5 Å². The monoisotopic (exact) mass is 334 g/mol. The summed E-state index contributed by atoms with van der Waals surface area (Å²) in [6, 6.07) is 0. The summed E-state index contributed by atoms with van der Waals surface area (Å²) in [5.74, 6) is -1.01. The first kappa shape index (κ1) is 17.8. The van der Waals surface area contributed by atoms with E-state index in [1.807, 2.05) is 13.8 Å². The van der Waals surface area contributed by atoms with Gasteiger partial charge in [0, 0.05) is 16.7 Å². The van der Waals surface area contributed by atoms with E-state index >= 15 is 0 Å². The topological polar surface area (TPSA) is 93.1 Å². The molecule has 1 atom stereocenters. The number of benzene rings is 1. The highest BCUT2D eigenvalue weighted by molar-refractivity contribution is 5.98. The van der Waals surface area contributed by atoms with Gasteiger partial charge in [-0.25, -0.2) is 9.59 Å². The second-order valence-corrected chi connectivity index (χ2v) is 6.09. The molecule has 0 saturated heterocycles. The number of carboxylic acids is 1. The van der Waals surface area contributed by atoms with Gasteiger partial charge < -0.3 is 19.7 Å². The smallest absolute Gasteiger partial charge is 0.342 e. The lowest BCUT2D eigenvalue weighted by molar-refractivity contribution is -0.132. The quantitative estimate of drug-likeness (QED) is 0.614. The fourth-order valence-electron chi connectivity index (χ4n) is 3.02. The van der Waals surface area contributed by atoms with Crippen LogP contribution in [-0.2, 0) is 22.6 Å². The lowest BCUT2D eigenvalue weighted by Crippen LogP contribution is -2.05. The molecule has 130 valence electrons. The lowest BCUT2D eigenvalue weighted by Gasteiger charge is -2.17. The molecule has 24 heavy (non-hydrogen) atoms. The molecule has 0 aliphatic carbocycles. The summed E-state index contributed by atoms with van der Waals surface area (Å²) >= 11 is 0. The van der Waals surface area contributed by atoms with Gasteiger partial charge in [-0.15, -0.1) is 0 Å². The predicted octanol–water partition coefficient (Wildman–Crippen LogP) is 2.98. The number of methoxy groups -OCH3 is 1. The van der Waals surface area contributed by atoms with Gasteiger partial charge in [-0.3, -0.25) is 0 Å². The van der Waals surface area contributed by atoms with Crippen LogP contribution < -0.4 is 4.74 Å². The van der Waals surface area contributed by atoms with Crippen molar-refractivity contribution in [3.63, 3.8) is 0 Å². The first-order chi connectivity index (χ1) is 11.3. The summed E-state index contributed by atoms with van der Waals surface area (Å²) in [4.78, 5) is 22.7. The molecule has 0 fully saturated rings. The number of carbonyl (C=O) groups excluding carboxylic acids is 1. The second kappa shape index (κ2) is 6.95. The number of cyclic esters (lactones) is 1. The van der Waals surface area contributed by atoms with Gasteiger partial charge in [-0.2, -0.15) is 0 Å². The van der Waals surface area contributed by atoms with E-state index in [4.69, 9.17) is 14.6 Å². The summed E-state index contributed by atoms with van der Waals surface area (Å²) in [7, 11) is 1.52. The van der Waals surface area contributed by atoms with Crippen molar-refractivity contribution in [3.05, 3.63) is 33.9 Å². The van der Waals surface area contributed by atoms with E-state index in [1.54, 1.807) is 13.0 Å². The molecular formula is C18H22O6. The molecule has 0 bridgehead atoms. The van der Waals surface area contributed by atoms with Gasteiger partial charge in [0.2, 0.25) is 0 Å². The van der Waals surface area contributed by atoms with Crippen molar-refractivity contribution >= 4 is 11.9 Å². The Morgan fingerprint density at radius 3 is 2.71 bits per heavy atom. The van der Waals surface area contributed by atoms with Crippen LogP contribution in [-0.4, -0.2) is 29.3 Å². The van der Waals surface area contributed by atoms with Crippen LogP contribution in [0.2, 0.25) is 0 Å². The molecule has 1 aromatic rings. The fraction of sp³-hybridized carbons (Fsp3) is 0.444. The van der Waals surface area contributed by atoms with Crippen LogP contribution in [0.15, 0.2) is 11.6 Å². The maximum atomic E-state index is 11.9. The van der Waals surface area contributed by atoms with Gasteiger partial charge in [0.1, 0.15) is 23.7 Å². The zero-order valence-corrected chi connectivity index (χ0v) is 14.3. The van der Waals surface area contributed by atoms with Gasteiger partial charge in [-0.05, 0) is 38.2 Å². The molecule has 0 saturated carbocycles. The zero-order valence-electron chi connectivity index (χ0n) is 14.3. The van der Waals surface area contributed by atoms with Crippen molar-refractivity contribution in [3.8, 4) is 11.5 Å². The molecule has 0 amide bonds. The van der Waals surface area contributed by atoms with Crippen molar-refractivity contribution in [2.45, 2.75) is 40.2 Å². The first-order valence-corrected chi connectivity index (χ1v) is 7.78. The van der Waals surface area contributed by atoms with Crippen LogP contribution in [0.4, 0.5) is 0 Å². The number of allylic oxidation sites excluding steroid dienone is 1. The molecule has 0 aromatic heterocycles. The molecule has 1 aromatic carbocycles. The summed E-state index contributed by atoms with van der Waals surface area (Å²) in [5.41, 5.74) is 2.50. The number of esters is 1. The second-order valence-electron chi connectivity index (χ2n) is 6.09. The number of rotatable bonds is 6. The van der Waals surface area contributed by atoms with Crippen LogP contribution in [0.1, 0.15) is 47.3 Å². The number of aliphatic carboxylic acids is 1. The number of carboxylic acid groups (broad SMARTS) is 1. The number of hydrogen-bond acceptors (Lipinski definition) is 5. The van der Waals surface area contributed by atoms with E-state index in [-0.39, 0.29) is 29.4 Å². The maximum absolute atomic E-state index is 11.9. The summed E-state index contributed by atoms with van der Waals surface area (Å²) < 4.78 is 10.4.